The van der Waals surface area contributed by atoms with Gasteiger partial charge in [-0.3, -0.25) is 4.79 Å². The van der Waals surface area contributed by atoms with Gasteiger partial charge in [0.25, 0.3) is 0 Å². The number of rotatable bonds is 5. The lowest BCUT2D eigenvalue weighted by Crippen LogP contribution is -2.02. The standard InChI is InChI=1S/C12H13FO3/c13-11-5-4-9(3-1-2-6-14)10(7-11)8-12(15)16/h1,3-5,7,14H,2,6,8H2,(H,15,16). The topological polar surface area (TPSA) is 57.5 Å². The van der Waals surface area contributed by atoms with Gasteiger partial charge < -0.3 is 10.2 Å². The molecular weight excluding hydrogens is 211 g/mol. The highest BCUT2D eigenvalue weighted by Crippen LogP contribution is 2.14. The highest BCUT2D eigenvalue weighted by molar-refractivity contribution is 5.72. The Morgan fingerprint density at radius 3 is 2.81 bits per heavy atom. The van der Waals surface area contributed by atoms with Gasteiger partial charge in [-0.15, -0.1) is 0 Å². The van der Waals surface area contributed by atoms with Crippen LogP contribution in [0.25, 0.3) is 6.08 Å². The average molecular weight is 224 g/mol. The highest BCUT2D eigenvalue weighted by atomic mass is 19.1. The number of carboxylic acid groups (broad SMARTS) is 1. The molecule has 0 aliphatic rings. The molecule has 0 saturated heterocycles. The van der Waals surface area contributed by atoms with E-state index in [1.807, 2.05) is 0 Å². The van der Waals surface area contributed by atoms with Crippen LogP contribution in [0, 0.1) is 5.82 Å². The van der Waals surface area contributed by atoms with Crippen LogP contribution in [-0.4, -0.2) is 22.8 Å². The molecule has 0 atom stereocenters. The zero-order valence-corrected chi connectivity index (χ0v) is 8.69. The average Bonchev–Trinajstić information content (AvgIpc) is 2.20. The molecular formula is C12H13FO3. The van der Waals surface area contributed by atoms with E-state index in [1.54, 1.807) is 12.2 Å². The van der Waals surface area contributed by atoms with Crippen molar-refractivity contribution in [1.29, 1.82) is 0 Å². The van der Waals surface area contributed by atoms with Crippen molar-refractivity contribution in [1.82, 2.24) is 0 Å². The normalized spacial score (nSPS) is 10.9. The van der Waals surface area contributed by atoms with Crippen molar-refractivity contribution < 1.29 is 19.4 Å². The van der Waals surface area contributed by atoms with Gasteiger partial charge in [-0.2, -0.15) is 0 Å². The Morgan fingerprint density at radius 2 is 2.19 bits per heavy atom. The monoisotopic (exact) mass is 224 g/mol. The quantitative estimate of drug-likeness (QED) is 0.802. The third-order valence-electron chi connectivity index (χ3n) is 2.04. The fraction of sp³-hybridized carbons (Fsp3) is 0.250. The summed E-state index contributed by atoms with van der Waals surface area (Å²) in [5, 5.41) is 17.3. The van der Waals surface area contributed by atoms with E-state index in [9.17, 15) is 9.18 Å². The predicted molar refractivity (Wildman–Crippen MR) is 58.5 cm³/mol. The second-order valence-corrected chi connectivity index (χ2v) is 3.33. The van der Waals surface area contributed by atoms with Crippen LogP contribution in [0.5, 0.6) is 0 Å². The molecule has 0 amide bonds. The summed E-state index contributed by atoms with van der Waals surface area (Å²) in [5.74, 6) is -1.45. The van der Waals surface area contributed by atoms with Gasteiger partial charge in [0.05, 0.1) is 6.42 Å². The number of benzene rings is 1. The van der Waals surface area contributed by atoms with Crippen LogP contribution in [0.4, 0.5) is 4.39 Å². The number of carboxylic acids is 1. The largest absolute Gasteiger partial charge is 0.481 e. The molecule has 0 heterocycles. The molecule has 0 aromatic heterocycles. The van der Waals surface area contributed by atoms with Crippen molar-refractivity contribution in [3.05, 3.63) is 41.2 Å². The minimum absolute atomic E-state index is 0.0337. The maximum Gasteiger partial charge on any atom is 0.307 e. The molecule has 4 heteroatoms. The van der Waals surface area contributed by atoms with Crippen LogP contribution < -0.4 is 0 Å². The molecule has 1 aromatic carbocycles. The van der Waals surface area contributed by atoms with E-state index in [0.717, 1.165) is 0 Å². The van der Waals surface area contributed by atoms with Gasteiger partial charge in [0.1, 0.15) is 5.82 Å². The lowest BCUT2D eigenvalue weighted by Gasteiger charge is -2.03. The van der Waals surface area contributed by atoms with Gasteiger partial charge in [-0.25, -0.2) is 4.39 Å². The number of aliphatic carboxylic acids is 1. The number of carbonyl (C=O) groups is 1. The SMILES string of the molecule is O=C(O)Cc1cc(F)ccc1C=CCCO. The Bertz CT molecular complexity index is 399. The minimum Gasteiger partial charge on any atom is -0.481 e. The smallest absolute Gasteiger partial charge is 0.307 e. The Morgan fingerprint density at radius 1 is 1.44 bits per heavy atom. The summed E-state index contributed by atoms with van der Waals surface area (Å²) >= 11 is 0. The number of hydrogen-bond acceptors (Lipinski definition) is 2. The van der Waals surface area contributed by atoms with Crippen molar-refractivity contribution in [2.24, 2.45) is 0 Å². The van der Waals surface area contributed by atoms with Crippen molar-refractivity contribution in [2.45, 2.75) is 12.8 Å². The van der Waals surface area contributed by atoms with Crippen molar-refractivity contribution in [3.63, 3.8) is 0 Å². The number of aliphatic hydroxyl groups is 1. The van der Waals surface area contributed by atoms with Crippen molar-refractivity contribution in [2.75, 3.05) is 6.61 Å². The number of aliphatic hydroxyl groups excluding tert-OH is 1. The molecule has 1 aromatic rings. The van der Waals surface area contributed by atoms with Gasteiger partial charge in [0.2, 0.25) is 0 Å². The van der Waals surface area contributed by atoms with Gasteiger partial charge in [-0.05, 0) is 29.7 Å². The molecule has 0 saturated carbocycles. The molecule has 0 bridgehead atoms. The molecule has 0 unspecified atom stereocenters. The molecule has 0 spiro atoms. The molecule has 2 N–H and O–H groups in total. The molecule has 0 aliphatic heterocycles. The number of halogens is 1. The Kier molecular flexibility index (Phi) is 4.66. The van der Waals surface area contributed by atoms with E-state index in [0.29, 0.717) is 17.5 Å². The van der Waals surface area contributed by atoms with Crippen LogP contribution in [0.2, 0.25) is 0 Å². The molecule has 0 fully saturated rings. The molecule has 1 rings (SSSR count). The third kappa shape index (κ3) is 3.82. The van der Waals surface area contributed by atoms with E-state index in [1.165, 1.54) is 18.2 Å². The highest BCUT2D eigenvalue weighted by Gasteiger charge is 2.06. The first kappa shape index (κ1) is 12.4. The zero-order chi connectivity index (χ0) is 12.0. The first-order chi connectivity index (χ1) is 7.63. The second-order valence-electron chi connectivity index (χ2n) is 3.33. The van der Waals surface area contributed by atoms with Gasteiger partial charge in [0.15, 0.2) is 0 Å². The predicted octanol–water partition coefficient (Wildman–Crippen LogP) is 1.85. The minimum atomic E-state index is -0.998. The molecule has 16 heavy (non-hydrogen) atoms. The van der Waals surface area contributed by atoms with E-state index in [4.69, 9.17) is 10.2 Å². The van der Waals surface area contributed by atoms with E-state index < -0.39 is 11.8 Å². The Labute approximate surface area is 92.8 Å². The van der Waals surface area contributed by atoms with Crippen LogP contribution in [0.15, 0.2) is 24.3 Å². The molecule has 86 valence electrons. The van der Waals surface area contributed by atoms with E-state index in [2.05, 4.69) is 0 Å². The number of hydrogen-bond donors (Lipinski definition) is 2. The first-order valence-electron chi connectivity index (χ1n) is 4.91. The van der Waals surface area contributed by atoms with Gasteiger partial charge >= 0.3 is 5.97 Å². The molecule has 0 aliphatic carbocycles. The third-order valence-corrected chi connectivity index (χ3v) is 2.04. The van der Waals surface area contributed by atoms with Crippen molar-refractivity contribution >= 4 is 12.0 Å². The summed E-state index contributed by atoms with van der Waals surface area (Å²) in [6.45, 7) is 0.0337. The second kappa shape index (κ2) is 6.02. The van der Waals surface area contributed by atoms with Crippen molar-refractivity contribution in [3.8, 4) is 0 Å². The van der Waals surface area contributed by atoms with E-state index >= 15 is 0 Å². The fourth-order valence-corrected chi connectivity index (χ4v) is 1.34. The van der Waals surface area contributed by atoms with Gasteiger partial charge in [0, 0.05) is 6.61 Å². The summed E-state index contributed by atoms with van der Waals surface area (Å²) in [4.78, 5) is 10.6. The fourth-order valence-electron chi connectivity index (χ4n) is 1.34. The molecule has 0 radical (unpaired) electrons. The van der Waals surface area contributed by atoms with Gasteiger partial charge in [-0.1, -0.05) is 18.2 Å². The Balaban J connectivity index is 2.93. The lowest BCUT2D eigenvalue weighted by atomic mass is 10.0. The zero-order valence-electron chi connectivity index (χ0n) is 8.69. The van der Waals surface area contributed by atoms with Crippen LogP contribution in [-0.2, 0) is 11.2 Å². The maximum atomic E-state index is 12.9. The Hall–Kier alpha value is -1.68. The summed E-state index contributed by atoms with van der Waals surface area (Å²) in [6, 6.07) is 4.03. The van der Waals surface area contributed by atoms with E-state index in [-0.39, 0.29) is 13.0 Å². The summed E-state index contributed by atoms with van der Waals surface area (Å²) in [7, 11) is 0. The molecule has 3 nitrogen and oxygen atoms in total. The van der Waals surface area contributed by atoms with Crippen LogP contribution >= 0.6 is 0 Å². The summed E-state index contributed by atoms with van der Waals surface area (Å²) in [6.07, 6.45) is 3.69. The maximum absolute atomic E-state index is 12.9. The first-order valence-corrected chi connectivity index (χ1v) is 4.91. The lowest BCUT2D eigenvalue weighted by molar-refractivity contribution is -0.136. The summed E-state index contributed by atoms with van der Waals surface area (Å²) < 4.78 is 12.9. The summed E-state index contributed by atoms with van der Waals surface area (Å²) in [5.41, 5.74) is 1.10. The van der Waals surface area contributed by atoms with Crippen LogP contribution in [0.3, 0.4) is 0 Å². The van der Waals surface area contributed by atoms with Crippen LogP contribution in [0.1, 0.15) is 17.5 Å².